The molecule has 1 aliphatic heterocycles. The summed E-state index contributed by atoms with van der Waals surface area (Å²) in [5, 5.41) is 2.98. The fraction of sp³-hybridized carbons (Fsp3) is 0.462. The van der Waals surface area contributed by atoms with Crippen molar-refractivity contribution in [1.82, 2.24) is 10.2 Å². The Morgan fingerprint density at radius 2 is 1.87 bits per heavy atom. The Labute approximate surface area is 185 Å². The fourth-order valence-electron chi connectivity index (χ4n) is 3.93. The van der Waals surface area contributed by atoms with Crippen molar-refractivity contribution in [1.29, 1.82) is 0 Å². The lowest BCUT2D eigenvalue weighted by Crippen LogP contribution is -2.48. The Hall–Kier alpha value is -2.82. The summed E-state index contributed by atoms with van der Waals surface area (Å²) in [6, 6.07) is 17.5. The lowest BCUT2D eigenvalue weighted by Gasteiger charge is -2.30. The van der Waals surface area contributed by atoms with E-state index in [-0.39, 0.29) is 11.8 Å². The highest BCUT2D eigenvalue weighted by Crippen LogP contribution is 2.21. The smallest absolute Gasteiger partial charge is 0.242 e. The molecule has 0 saturated carbocycles. The highest BCUT2D eigenvalue weighted by molar-refractivity contribution is 5.87. The third-order valence-corrected chi connectivity index (χ3v) is 5.70. The van der Waals surface area contributed by atoms with E-state index in [1.165, 1.54) is 0 Å². The van der Waals surface area contributed by atoms with Gasteiger partial charge in [0, 0.05) is 19.5 Å². The first-order valence-electron chi connectivity index (χ1n) is 11.5. The Bertz CT molecular complexity index is 838. The number of carbonyl (C=O) groups excluding carboxylic acids is 2. The number of carbonyl (C=O) groups is 2. The molecule has 0 aliphatic carbocycles. The van der Waals surface area contributed by atoms with Gasteiger partial charge in [0.25, 0.3) is 0 Å². The van der Waals surface area contributed by atoms with Crippen molar-refractivity contribution >= 4 is 11.8 Å². The summed E-state index contributed by atoms with van der Waals surface area (Å²) in [4.78, 5) is 27.6. The van der Waals surface area contributed by atoms with Gasteiger partial charge >= 0.3 is 0 Å². The summed E-state index contributed by atoms with van der Waals surface area (Å²) < 4.78 is 5.96. The lowest BCUT2D eigenvalue weighted by molar-refractivity contribution is -0.141. The first kappa shape index (κ1) is 22.9. The molecule has 1 N–H and O–H groups in total. The van der Waals surface area contributed by atoms with Crippen LogP contribution < -0.4 is 10.1 Å². The van der Waals surface area contributed by atoms with Gasteiger partial charge in [-0.1, -0.05) is 62.2 Å². The number of rotatable bonds is 10. The molecule has 2 amide bonds. The monoisotopic (exact) mass is 422 g/mol. The number of hydrogen-bond donors (Lipinski definition) is 1. The number of nitrogens with one attached hydrogen (secondary N) is 1. The summed E-state index contributed by atoms with van der Waals surface area (Å²) >= 11 is 0. The Morgan fingerprint density at radius 3 is 2.68 bits per heavy atom. The topological polar surface area (TPSA) is 58.6 Å². The molecule has 1 atom stereocenters. The maximum atomic E-state index is 13.1. The molecule has 0 aromatic heterocycles. The van der Waals surface area contributed by atoms with Crippen LogP contribution in [0.4, 0.5) is 0 Å². The third-order valence-electron chi connectivity index (χ3n) is 5.70. The van der Waals surface area contributed by atoms with Crippen LogP contribution in [0.25, 0.3) is 0 Å². The van der Waals surface area contributed by atoms with Gasteiger partial charge in [-0.25, -0.2) is 0 Å². The predicted octanol–water partition coefficient (Wildman–Crippen LogP) is 4.84. The molecule has 166 valence electrons. The highest BCUT2D eigenvalue weighted by Gasteiger charge is 2.30. The van der Waals surface area contributed by atoms with Gasteiger partial charge in [0.15, 0.2) is 0 Å². The van der Waals surface area contributed by atoms with Crippen molar-refractivity contribution < 1.29 is 14.3 Å². The minimum atomic E-state index is -0.398. The van der Waals surface area contributed by atoms with Crippen LogP contribution in [0.15, 0.2) is 54.6 Å². The van der Waals surface area contributed by atoms with Gasteiger partial charge in [-0.2, -0.15) is 0 Å². The lowest BCUT2D eigenvalue weighted by atomic mass is 10.1. The molecule has 1 fully saturated rings. The predicted molar refractivity (Wildman–Crippen MR) is 123 cm³/mol. The zero-order valence-corrected chi connectivity index (χ0v) is 18.5. The second-order valence-corrected chi connectivity index (χ2v) is 8.20. The molecule has 2 aromatic carbocycles. The Morgan fingerprint density at radius 1 is 1.06 bits per heavy atom. The molecular weight excluding hydrogens is 388 g/mol. The fourth-order valence-corrected chi connectivity index (χ4v) is 3.93. The van der Waals surface area contributed by atoms with E-state index in [2.05, 4.69) is 12.2 Å². The highest BCUT2D eigenvalue weighted by atomic mass is 16.5. The van der Waals surface area contributed by atoms with Crippen LogP contribution in [0.2, 0.25) is 0 Å². The average molecular weight is 423 g/mol. The molecule has 0 bridgehead atoms. The number of nitrogens with zero attached hydrogens (tertiary/aromatic N) is 1. The molecule has 1 saturated heterocycles. The molecular formula is C26H34N2O3. The van der Waals surface area contributed by atoms with Crippen LogP contribution in [0.3, 0.4) is 0 Å². The normalized spacial score (nSPS) is 16.3. The molecule has 5 heteroatoms. The molecule has 0 spiro atoms. The summed E-state index contributed by atoms with van der Waals surface area (Å²) in [6.45, 7) is 3.73. The van der Waals surface area contributed by atoms with Gasteiger partial charge in [-0.15, -0.1) is 0 Å². The number of unbranched alkanes of at least 4 members (excludes halogenated alkanes) is 2. The summed E-state index contributed by atoms with van der Waals surface area (Å²) in [7, 11) is 0. The molecule has 3 rings (SSSR count). The van der Waals surface area contributed by atoms with Crippen molar-refractivity contribution in [3.05, 3.63) is 65.7 Å². The van der Waals surface area contributed by atoms with Crippen LogP contribution in [0, 0.1) is 0 Å². The van der Waals surface area contributed by atoms with Crippen molar-refractivity contribution in [2.24, 2.45) is 0 Å². The first-order chi connectivity index (χ1) is 15.2. The van der Waals surface area contributed by atoms with Gasteiger partial charge in [0.1, 0.15) is 18.4 Å². The van der Waals surface area contributed by atoms with Crippen molar-refractivity contribution in [2.75, 3.05) is 6.54 Å². The van der Waals surface area contributed by atoms with Crippen molar-refractivity contribution in [3.8, 4) is 5.75 Å². The van der Waals surface area contributed by atoms with E-state index in [9.17, 15) is 9.59 Å². The van der Waals surface area contributed by atoms with Crippen molar-refractivity contribution in [2.45, 2.75) is 71.1 Å². The van der Waals surface area contributed by atoms with Gasteiger partial charge in [0.05, 0.1) is 0 Å². The Balaban J connectivity index is 1.71. The molecule has 1 heterocycles. The molecule has 0 radical (unpaired) electrons. The van der Waals surface area contributed by atoms with E-state index < -0.39 is 6.04 Å². The van der Waals surface area contributed by atoms with E-state index in [0.29, 0.717) is 26.1 Å². The van der Waals surface area contributed by atoms with Crippen molar-refractivity contribution in [3.63, 3.8) is 0 Å². The van der Waals surface area contributed by atoms with E-state index in [0.717, 1.165) is 55.4 Å². The van der Waals surface area contributed by atoms with Crippen LogP contribution in [0.5, 0.6) is 5.75 Å². The maximum absolute atomic E-state index is 13.1. The van der Waals surface area contributed by atoms with E-state index >= 15 is 0 Å². The average Bonchev–Trinajstić information content (AvgIpc) is 3.01. The number of benzene rings is 2. The zero-order chi connectivity index (χ0) is 21.9. The van der Waals surface area contributed by atoms with E-state index in [1.54, 1.807) is 4.90 Å². The second-order valence-electron chi connectivity index (χ2n) is 8.20. The molecule has 31 heavy (non-hydrogen) atoms. The second kappa shape index (κ2) is 12.1. The molecule has 5 nitrogen and oxygen atoms in total. The SMILES string of the molecule is CCCCCC(=O)N(Cc1cccc(OCc2ccccc2)c1)C1CCCCNC1=O. The summed E-state index contributed by atoms with van der Waals surface area (Å²) in [5.74, 6) is 0.800. The standard InChI is InChI=1S/C26H34N2O3/c1-2-3-5-16-25(29)28(24-15-8-9-17-27-26(24)30)19-22-13-10-14-23(18-22)31-20-21-11-6-4-7-12-21/h4,6-7,10-14,18,24H,2-3,5,8-9,15-17,19-20H2,1H3,(H,27,30). The largest absolute Gasteiger partial charge is 0.489 e. The van der Waals surface area contributed by atoms with Gasteiger partial charge < -0.3 is 15.0 Å². The van der Waals surface area contributed by atoms with Gasteiger partial charge in [0.2, 0.25) is 11.8 Å². The van der Waals surface area contributed by atoms with E-state index in [1.807, 2.05) is 54.6 Å². The van der Waals surface area contributed by atoms with Crippen LogP contribution in [-0.2, 0) is 22.7 Å². The maximum Gasteiger partial charge on any atom is 0.242 e. The number of amides is 2. The van der Waals surface area contributed by atoms with Crippen LogP contribution in [-0.4, -0.2) is 29.3 Å². The molecule has 1 unspecified atom stereocenters. The van der Waals surface area contributed by atoms with Gasteiger partial charge in [-0.3, -0.25) is 9.59 Å². The quantitative estimate of drug-likeness (QED) is 0.557. The van der Waals surface area contributed by atoms with E-state index in [4.69, 9.17) is 4.74 Å². The van der Waals surface area contributed by atoms with Gasteiger partial charge in [-0.05, 0) is 48.9 Å². The minimum Gasteiger partial charge on any atom is -0.489 e. The molecule has 1 aliphatic rings. The minimum absolute atomic E-state index is 0.0298. The number of ether oxygens (including phenoxy) is 1. The number of hydrogen-bond acceptors (Lipinski definition) is 3. The Kier molecular flexibility index (Phi) is 8.95. The summed E-state index contributed by atoms with van der Waals surface area (Å²) in [6.07, 6.45) is 6.07. The molecule has 2 aromatic rings. The zero-order valence-electron chi connectivity index (χ0n) is 18.5. The third kappa shape index (κ3) is 7.12. The summed E-state index contributed by atoms with van der Waals surface area (Å²) in [5.41, 5.74) is 2.09. The van der Waals surface area contributed by atoms with Crippen LogP contribution in [0.1, 0.15) is 63.0 Å². The van der Waals surface area contributed by atoms with Crippen LogP contribution >= 0.6 is 0 Å². The first-order valence-corrected chi connectivity index (χ1v) is 11.5.